The quantitative estimate of drug-likeness (QED) is 0.874. The van der Waals surface area contributed by atoms with Crippen LogP contribution in [-0.2, 0) is 9.59 Å². The Labute approximate surface area is 155 Å². The van der Waals surface area contributed by atoms with Gasteiger partial charge in [-0.15, -0.1) is 0 Å². The molecule has 1 aliphatic heterocycles. The molecule has 7 heteroatoms. The number of ether oxygens (including phenoxy) is 1. The number of carbonyl (C=O) groups is 2. The lowest BCUT2D eigenvalue weighted by molar-refractivity contribution is -0.122. The van der Waals surface area contributed by atoms with Crippen LogP contribution in [0.2, 0.25) is 10.0 Å². The van der Waals surface area contributed by atoms with Gasteiger partial charge in [-0.3, -0.25) is 9.59 Å². The Kier molecular flexibility index (Phi) is 5.16. The van der Waals surface area contributed by atoms with Crippen molar-refractivity contribution in [3.05, 3.63) is 52.5 Å². The largest absolute Gasteiger partial charge is 0.497 e. The first-order valence-corrected chi connectivity index (χ1v) is 8.44. The fraction of sp³-hybridized carbons (Fsp3) is 0.222. The smallest absolute Gasteiger partial charge is 0.229 e. The Hall–Kier alpha value is -2.24. The summed E-state index contributed by atoms with van der Waals surface area (Å²) < 4.78 is 5.11. The first kappa shape index (κ1) is 17.6. The van der Waals surface area contributed by atoms with Crippen molar-refractivity contribution in [2.45, 2.75) is 6.42 Å². The SMILES string of the molecule is COc1ccc(N2C[C@H](C(=O)Nc3cccc(Cl)c3Cl)CC2=O)cc1. The number of nitrogens with zero attached hydrogens (tertiary/aromatic N) is 1. The fourth-order valence-corrected chi connectivity index (χ4v) is 3.08. The lowest BCUT2D eigenvalue weighted by Gasteiger charge is -2.17. The summed E-state index contributed by atoms with van der Waals surface area (Å²) in [4.78, 5) is 26.4. The van der Waals surface area contributed by atoms with Crippen LogP contribution in [0.3, 0.4) is 0 Å². The van der Waals surface area contributed by atoms with Gasteiger partial charge >= 0.3 is 0 Å². The van der Waals surface area contributed by atoms with Crippen LogP contribution in [0, 0.1) is 5.92 Å². The van der Waals surface area contributed by atoms with Gasteiger partial charge in [0, 0.05) is 18.7 Å². The molecule has 130 valence electrons. The number of benzene rings is 2. The summed E-state index contributed by atoms with van der Waals surface area (Å²) in [5.74, 6) is -0.0963. The Bertz CT molecular complexity index is 808. The van der Waals surface area contributed by atoms with Gasteiger partial charge in [0.2, 0.25) is 11.8 Å². The number of hydrogen-bond acceptors (Lipinski definition) is 3. The molecule has 5 nitrogen and oxygen atoms in total. The average molecular weight is 379 g/mol. The van der Waals surface area contributed by atoms with Crippen LogP contribution >= 0.6 is 23.2 Å². The van der Waals surface area contributed by atoms with E-state index >= 15 is 0 Å². The zero-order chi connectivity index (χ0) is 18.0. The van der Waals surface area contributed by atoms with E-state index in [9.17, 15) is 9.59 Å². The summed E-state index contributed by atoms with van der Waals surface area (Å²) in [6, 6.07) is 12.2. The molecular weight excluding hydrogens is 363 g/mol. The van der Waals surface area contributed by atoms with E-state index in [1.54, 1.807) is 54.5 Å². The number of anilines is 2. The first-order valence-electron chi connectivity index (χ1n) is 7.69. The summed E-state index contributed by atoms with van der Waals surface area (Å²) in [5.41, 5.74) is 1.18. The van der Waals surface area contributed by atoms with E-state index in [4.69, 9.17) is 27.9 Å². The highest BCUT2D eigenvalue weighted by atomic mass is 35.5. The predicted octanol–water partition coefficient (Wildman–Crippen LogP) is 3.99. The number of nitrogens with one attached hydrogen (secondary N) is 1. The lowest BCUT2D eigenvalue weighted by Crippen LogP contribution is -2.28. The van der Waals surface area contributed by atoms with Gasteiger partial charge in [0.05, 0.1) is 28.8 Å². The van der Waals surface area contributed by atoms with Gasteiger partial charge in [-0.25, -0.2) is 0 Å². The van der Waals surface area contributed by atoms with Gasteiger partial charge < -0.3 is 15.0 Å². The summed E-state index contributed by atoms with van der Waals surface area (Å²) in [6.07, 6.45) is 0.149. The van der Waals surface area contributed by atoms with Crippen molar-refractivity contribution in [1.82, 2.24) is 0 Å². The van der Waals surface area contributed by atoms with Crippen molar-refractivity contribution in [3.63, 3.8) is 0 Å². The van der Waals surface area contributed by atoms with E-state index in [0.717, 1.165) is 5.69 Å². The minimum Gasteiger partial charge on any atom is -0.497 e. The third-order valence-electron chi connectivity index (χ3n) is 4.09. The van der Waals surface area contributed by atoms with Crippen molar-refractivity contribution in [1.29, 1.82) is 0 Å². The van der Waals surface area contributed by atoms with Gasteiger partial charge in [-0.2, -0.15) is 0 Å². The predicted molar refractivity (Wildman–Crippen MR) is 98.5 cm³/mol. The summed E-state index contributed by atoms with van der Waals surface area (Å²) in [5, 5.41) is 3.40. The third kappa shape index (κ3) is 3.72. The Morgan fingerprint density at radius 1 is 1.20 bits per heavy atom. The highest BCUT2D eigenvalue weighted by molar-refractivity contribution is 6.44. The van der Waals surface area contributed by atoms with Crippen LogP contribution in [0.1, 0.15) is 6.42 Å². The number of methoxy groups -OCH3 is 1. The van der Waals surface area contributed by atoms with E-state index in [0.29, 0.717) is 23.0 Å². The molecule has 2 amide bonds. The van der Waals surface area contributed by atoms with Crippen LogP contribution in [0.25, 0.3) is 0 Å². The van der Waals surface area contributed by atoms with Crippen molar-refractivity contribution in [3.8, 4) is 5.75 Å². The number of halogens is 2. The molecule has 0 aliphatic carbocycles. The second-order valence-corrected chi connectivity index (χ2v) is 6.48. The second kappa shape index (κ2) is 7.33. The minimum atomic E-state index is -0.454. The maximum Gasteiger partial charge on any atom is 0.229 e. The van der Waals surface area contributed by atoms with E-state index in [1.165, 1.54) is 0 Å². The first-order chi connectivity index (χ1) is 12.0. The van der Waals surface area contributed by atoms with Crippen LogP contribution in [0.5, 0.6) is 5.75 Å². The number of carbonyl (C=O) groups excluding carboxylic acids is 2. The fourth-order valence-electron chi connectivity index (χ4n) is 2.73. The van der Waals surface area contributed by atoms with E-state index in [-0.39, 0.29) is 23.3 Å². The number of rotatable bonds is 4. The van der Waals surface area contributed by atoms with Crippen molar-refractivity contribution in [2.75, 3.05) is 23.9 Å². The van der Waals surface area contributed by atoms with Crippen molar-refractivity contribution in [2.24, 2.45) is 5.92 Å². The van der Waals surface area contributed by atoms with E-state index < -0.39 is 5.92 Å². The maximum absolute atomic E-state index is 12.5. The van der Waals surface area contributed by atoms with Gasteiger partial charge in [0.25, 0.3) is 0 Å². The molecule has 2 aromatic rings. The summed E-state index contributed by atoms with van der Waals surface area (Å²) >= 11 is 12.0. The zero-order valence-corrected chi connectivity index (χ0v) is 15.0. The molecule has 0 saturated carbocycles. The molecule has 0 radical (unpaired) electrons. The average Bonchev–Trinajstić information content (AvgIpc) is 3.01. The molecule has 0 unspecified atom stereocenters. The molecule has 0 bridgehead atoms. The third-order valence-corrected chi connectivity index (χ3v) is 4.91. The van der Waals surface area contributed by atoms with E-state index in [1.807, 2.05) is 0 Å². The molecular formula is C18H16Cl2N2O3. The molecule has 1 saturated heterocycles. The van der Waals surface area contributed by atoms with Crippen LogP contribution in [0.4, 0.5) is 11.4 Å². The van der Waals surface area contributed by atoms with Crippen LogP contribution < -0.4 is 15.0 Å². The molecule has 2 aromatic carbocycles. The Morgan fingerprint density at radius 2 is 1.92 bits per heavy atom. The van der Waals surface area contributed by atoms with Crippen molar-refractivity contribution < 1.29 is 14.3 Å². The molecule has 1 N–H and O–H groups in total. The highest BCUT2D eigenvalue weighted by Crippen LogP contribution is 2.31. The van der Waals surface area contributed by atoms with E-state index in [2.05, 4.69) is 5.32 Å². The molecule has 0 spiro atoms. The molecule has 3 rings (SSSR count). The minimum absolute atomic E-state index is 0.0949. The van der Waals surface area contributed by atoms with Gasteiger partial charge in [-0.05, 0) is 36.4 Å². The lowest BCUT2D eigenvalue weighted by atomic mass is 10.1. The zero-order valence-electron chi connectivity index (χ0n) is 13.5. The normalized spacial score (nSPS) is 16.8. The summed E-state index contributed by atoms with van der Waals surface area (Å²) in [6.45, 7) is 0.315. The molecule has 1 heterocycles. The summed E-state index contributed by atoms with van der Waals surface area (Å²) in [7, 11) is 1.58. The van der Waals surface area contributed by atoms with Crippen LogP contribution in [-0.4, -0.2) is 25.5 Å². The van der Waals surface area contributed by atoms with Gasteiger partial charge in [0.1, 0.15) is 5.75 Å². The van der Waals surface area contributed by atoms with Gasteiger partial charge in [-0.1, -0.05) is 29.3 Å². The highest BCUT2D eigenvalue weighted by Gasteiger charge is 2.35. The van der Waals surface area contributed by atoms with Gasteiger partial charge in [0.15, 0.2) is 0 Å². The Morgan fingerprint density at radius 3 is 2.60 bits per heavy atom. The second-order valence-electron chi connectivity index (χ2n) is 5.69. The van der Waals surface area contributed by atoms with Crippen LogP contribution in [0.15, 0.2) is 42.5 Å². The molecule has 25 heavy (non-hydrogen) atoms. The molecule has 1 fully saturated rings. The van der Waals surface area contributed by atoms with Crippen molar-refractivity contribution >= 4 is 46.4 Å². The Balaban J connectivity index is 1.71. The standard InChI is InChI=1S/C18H16Cl2N2O3/c1-25-13-7-5-12(6-8-13)22-10-11(9-16(22)23)18(24)21-15-4-2-3-14(19)17(15)20/h2-8,11H,9-10H2,1H3,(H,21,24)/t11-/m1/s1. The monoisotopic (exact) mass is 378 g/mol. The number of hydrogen-bond donors (Lipinski definition) is 1. The molecule has 0 aromatic heterocycles. The molecule has 1 aliphatic rings. The number of amides is 2. The topological polar surface area (TPSA) is 58.6 Å². The maximum atomic E-state index is 12.5. The molecule has 1 atom stereocenters.